The highest BCUT2D eigenvalue weighted by Crippen LogP contribution is 2.45. The Morgan fingerprint density at radius 1 is 1.28 bits per heavy atom. The van der Waals surface area contributed by atoms with Crippen molar-refractivity contribution in [3.63, 3.8) is 0 Å². The Balaban J connectivity index is 1.42. The smallest absolute Gasteiger partial charge is 0.225 e. The van der Waals surface area contributed by atoms with Crippen LogP contribution in [-0.4, -0.2) is 65.4 Å². The van der Waals surface area contributed by atoms with Gasteiger partial charge in [0.2, 0.25) is 5.91 Å². The Morgan fingerprint density at radius 2 is 2.12 bits per heavy atom. The van der Waals surface area contributed by atoms with Gasteiger partial charge in [0.25, 0.3) is 0 Å². The van der Waals surface area contributed by atoms with E-state index in [4.69, 9.17) is 15.5 Å². The van der Waals surface area contributed by atoms with E-state index in [1.165, 1.54) is 0 Å². The first-order valence-electron chi connectivity index (χ1n) is 11.3. The number of carbonyl (C=O) groups excluding carboxylic acids is 1. The fourth-order valence-electron chi connectivity index (χ4n) is 4.64. The first-order chi connectivity index (χ1) is 15.5. The lowest BCUT2D eigenvalue weighted by atomic mass is 9.99. The van der Waals surface area contributed by atoms with Crippen LogP contribution in [0.3, 0.4) is 0 Å². The summed E-state index contributed by atoms with van der Waals surface area (Å²) in [4.78, 5) is 21.8. The molecule has 2 aliphatic rings. The van der Waals surface area contributed by atoms with Crippen molar-refractivity contribution in [3.8, 4) is 11.1 Å². The van der Waals surface area contributed by atoms with Crippen LogP contribution in [0.4, 0.5) is 11.5 Å². The molecule has 1 atom stereocenters. The van der Waals surface area contributed by atoms with Crippen molar-refractivity contribution < 1.29 is 9.53 Å². The van der Waals surface area contributed by atoms with Crippen LogP contribution < -0.4 is 10.6 Å². The molecule has 1 saturated carbocycles. The number of nitrogens with zero attached hydrogens (tertiary/aromatic N) is 4. The Hall–Kier alpha value is -3.13. The highest BCUT2D eigenvalue weighted by atomic mass is 16.5. The molecular formula is C24H30N6O2. The van der Waals surface area contributed by atoms with Gasteiger partial charge < -0.3 is 20.3 Å². The van der Waals surface area contributed by atoms with Crippen LogP contribution in [0.25, 0.3) is 22.0 Å². The van der Waals surface area contributed by atoms with Gasteiger partial charge in [0, 0.05) is 49.7 Å². The predicted molar refractivity (Wildman–Crippen MR) is 126 cm³/mol. The van der Waals surface area contributed by atoms with Crippen molar-refractivity contribution in [2.24, 2.45) is 0 Å². The number of amides is 1. The minimum Gasteiger partial charge on any atom is -0.396 e. The van der Waals surface area contributed by atoms with Gasteiger partial charge in [-0.3, -0.25) is 9.89 Å². The number of pyridine rings is 1. The molecule has 1 amide bonds. The third-order valence-electron chi connectivity index (χ3n) is 6.54. The van der Waals surface area contributed by atoms with Gasteiger partial charge in [0.15, 0.2) is 5.82 Å². The van der Waals surface area contributed by atoms with E-state index in [0.29, 0.717) is 31.2 Å². The molecule has 0 radical (unpaired) electrons. The zero-order valence-corrected chi connectivity index (χ0v) is 18.7. The summed E-state index contributed by atoms with van der Waals surface area (Å²) in [6.07, 6.45) is 4.57. The number of benzene rings is 1. The molecular weight excluding hydrogens is 404 g/mol. The zero-order valence-electron chi connectivity index (χ0n) is 18.7. The summed E-state index contributed by atoms with van der Waals surface area (Å²) < 4.78 is 5.06. The fourth-order valence-corrected chi connectivity index (χ4v) is 4.64. The Bertz CT molecular complexity index is 1140. The van der Waals surface area contributed by atoms with Crippen LogP contribution in [0.1, 0.15) is 37.8 Å². The normalized spacial score (nSPS) is 19.0. The van der Waals surface area contributed by atoms with E-state index < -0.39 is 0 Å². The van der Waals surface area contributed by atoms with Crippen molar-refractivity contribution in [2.75, 3.05) is 44.0 Å². The van der Waals surface area contributed by atoms with E-state index in [1.54, 1.807) is 7.11 Å². The SMILES string of the molecule is COCCC(=O)N1CCN(c2nc(C3CC3)c(-c3ccc4cn[nH]c4c3)cc2N)C[C@H]1C. The van der Waals surface area contributed by atoms with Gasteiger partial charge in [-0.2, -0.15) is 5.10 Å². The standard InChI is InChI=1S/C24H30N6O2/c1-15-14-29(8-9-30(15)22(31)7-10-32-2)24-20(25)12-19(23(27-24)16-3-4-16)17-5-6-18-13-26-28-21(18)11-17/h5-6,11-13,15-16H,3-4,7-10,14,25H2,1-2H3,(H,26,28)/t15-/m1/s1. The summed E-state index contributed by atoms with van der Waals surface area (Å²) in [6.45, 7) is 4.66. The number of nitrogens with two attached hydrogens (primary N) is 1. The van der Waals surface area contributed by atoms with E-state index in [2.05, 4.69) is 46.3 Å². The number of rotatable bonds is 6. The van der Waals surface area contributed by atoms with Crippen LogP contribution in [0, 0.1) is 0 Å². The molecule has 8 nitrogen and oxygen atoms in total. The van der Waals surface area contributed by atoms with E-state index in [0.717, 1.165) is 59.5 Å². The third-order valence-corrected chi connectivity index (χ3v) is 6.54. The molecule has 2 fully saturated rings. The number of H-pyrrole nitrogens is 1. The number of fused-ring (bicyclic) bond motifs is 1. The van der Waals surface area contributed by atoms with Gasteiger partial charge in [0.05, 0.1) is 36.1 Å². The number of aromatic nitrogens is 3. The number of ether oxygens (including phenoxy) is 1. The van der Waals surface area contributed by atoms with Gasteiger partial charge in [-0.05, 0) is 37.5 Å². The summed E-state index contributed by atoms with van der Waals surface area (Å²) in [6, 6.07) is 8.49. The van der Waals surface area contributed by atoms with Crippen LogP contribution in [0.2, 0.25) is 0 Å². The van der Waals surface area contributed by atoms with Gasteiger partial charge in [-0.15, -0.1) is 0 Å². The molecule has 3 aromatic rings. The second-order valence-electron chi connectivity index (χ2n) is 8.91. The quantitative estimate of drug-likeness (QED) is 0.618. The molecule has 3 N–H and O–H groups in total. The van der Waals surface area contributed by atoms with Crippen LogP contribution in [0.5, 0.6) is 0 Å². The summed E-state index contributed by atoms with van der Waals surface area (Å²) in [7, 11) is 1.62. The van der Waals surface area contributed by atoms with Crippen molar-refractivity contribution >= 4 is 28.3 Å². The van der Waals surface area contributed by atoms with Crippen LogP contribution >= 0.6 is 0 Å². The van der Waals surface area contributed by atoms with Crippen molar-refractivity contribution in [2.45, 2.75) is 38.1 Å². The van der Waals surface area contributed by atoms with Gasteiger partial charge in [-0.25, -0.2) is 4.98 Å². The number of hydrogen-bond donors (Lipinski definition) is 2. The maximum absolute atomic E-state index is 12.5. The molecule has 1 aliphatic carbocycles. The molecule has 0 unspecified atom stereocenters. The molecule has 0 spiro atoms. The summed E-state index contributed by atoms with van der Waals surface area (Å²) in [5.41, 5.74) is 11.6. The lowest BCUT2D eigenvalue weighted by Crippen LogP contribution is -2.54. The molecule has 3 heterocycles. The first kappa shape index (κ1) is 20.8. The fraction of sp³-hybridized carbons (Fsp3) is 0.458. The lowest BCUT2D eigenvalue weighted by molar-refractivity contribution is -0.134. The maximum atomic E-state index is 12.5. The maximum Gasteiger partial charge on any atom is 0.225 e. The largest absolute Gasteiger partial charge is 0.396 e. The topological polar surface area (TPSA) is 100 Å². The summed E-state index contributed by atoms with van der Waals surface area (Å²) in [5.74, 6) is 1.47. The highest BCUT2D eigenvalue weighted by Gasteiger charge is 2.32. The Labute approximate surface area is 187 Å². The van der Waals surface area contributed by atoms with E-state index in [-0.39, 0.29) is 11.9 Å². The lowest BCUT2D eigenvalue weighted by Gasteiger charge is -2.41. The molecule has 5 rings (SSSR count). The molecule has 2 aromatic heterocycles. The number of hydrogen-bond acceptors (Lipinski definition) is 6. The van der Waals surface area contributed by atoms with Gasteiger partial charge >= 0.3 is 0 Å². The number of anilines is 2. The van der Waals surface area contributed by atoms with Crippen molar-refractivity contribution in [1.29, 1.82) is 0 Å². The van der Waals surface area contributed by atoms with Gasteiger partial charge in [0.1, 0.15) is 0 Å². The summed E-state index contributed by atoms with van der Waals surface area (Å²) in [5, 5.41) is 8.28. The zero-order chi connectivity index (χ0) is 22.2. The third kappa shape index (κ3) is 3.90. The average molecular weight is 435 g/mol. The minimum atomic E-state index is 0.0983. The van der Waals surface area contributed by atoms with Crippen molar-refractivity contribution in [1.82, 2.24) is 20.1 Å². The molecule has 1 saturated heterocycles. The van der Waals surface area contributed by atoms with E-state index in [1.807, 2.05) is 11.1 Å². The molecule has 1 aliphatic heterocycles. The molecule has 32 heavy (non-hydrogen) atoms. The van der Waals surface area contributed by atoms with Crippen LogP contribution in [0.15, 0.2) is 30.5 Å². The molecule has 8 heteroatoms. The molecule has 1 aromatic carbocycles. The van der Waals surface area contributed by atoms with Crippen LogP contribution in [-0.2, 0) is 9.53 Å². The number of piperazine rings is 1. The van der Waals surface area contributed by atoms with Gasteiger partial charge in [-0.1, -0.05) is 12.1 Å². The predicted octanol–water partition coefficient (Wildman–Crippen LogP) is 3.16. The molecule has 168 valence electrons. The minimum absolute atomic E-state index is 0.0983. The van der Waals surface area contributed by atoms with E-state index in [9.17, 15) is 4.79 Å². The number of nitrogens with one attached hydrogen (secondary N) is 1. The second kappa shape index (κ2) is 8.43. The second-order valence-corrected chi connectivity index (χ2v) is 8.91. The molecule has 0 bridgehead atoms. The number of aromatic amines is 1. The van der Waals surface area contributed by atoms with Crippen molar-refractivity contribution in [3.05, 3.63) is 36.2 Å². The first-order valence-corrected chi connectivity index (χ1v) is 11.3. The van der Waals surface area contributed by atoms with E-state index >= 15 is 0 Å². The monoisotopic (exact) mass is 434 g/mol. The highest BCUT2D eigenvalue weighted by molar-refractivity contribution is 5.86. The Morgan fingerprint density at radius 3 is 2.88 bits per heavy atom. The summed E-state index contributed by atoms with van der Waals surface area (Å²) >= 11 is 0. The Kier molecular flexibility index (Phi) is 5.46. The number of carbonyl (C=O) groups is 1. The number of nitrogen functional groups attached to an aromatic ring is 1. The number of methoxy groups -OCH3 is 1. The average Bonchev–Trinajstić information content (AvgIpc) is 3.53.